The van der Waals surface area contributed by atoms with Crippen molar-refractivity contribution in [3.05, 3.63) is 0 Å². The molecule has 13 heavy (non-hydrogen) atoms. The third kappa shape index (κ3) is 6.81. The summed E-state index contributed by atoms with van der Waals surface area (Å²) < 4.78 is 0. The van der Waals surface area contributed by atoms with E-state index in [0.717, 1.165) is 0 Å². The van der Waals surface area contributed by atoms with Crippen LogP contribution in [-0.4, -0.2) is 22.4 Å². The smallest absolute Gasteiger partial charge is 0.0613 e. The minimum absolute atomic E-state index is 0. The molecule has 0 fully saturated rings. The first-order valence-electron chi connectivity index (χ1n) is 4.61. The predicted molar refractivity (Wildman–Crippen MR) is 50.9 cm³/mol. The molecule has 2 unspecified atom stereocenters. The molecule has 0 saturated carbocycles. The van der Waals surface area contributed by atoms with E-state index >= 15 is 0 Å². The number of aliphatic hydroxyl groups excluding tert-OH is 2. The fourth-order valence-corrected chi connectivity index (χ4v) is 0.854. The van der Waals surface area contributed by atoms with Gasteiger partial charge in [0.15, 0.2) is 0 Å². The zero-order valence-electron chi connectivity index (χ0n) is 9.41. The van der Waals surface area contributed by atoms with Crippen LogP contribution in [0.5, 0.6) is 0 Å². The van der Waals surface area contributed by atoms with Gasteiger partial charge in [-0.2, -0.15) is 0 Å². The molecule has 0 amide bonds. The number of hydrogen-bond acceptors (Lipinski definition) is 2. The molecular formula is C10H22O2Sc. The molecule has 0 aliphatic heterocycles. The molecule has 2 nitrogen and oxygen atoms in total. The van der Waals surface area contributed by atoms with Gasteiger partial charge >= 0.3 is 0 Å². The zero-order valence-corrected chi connectivity index (χ0v) is 11.2. The van der Waals surface area contributed by atoms with Crippen LogP contribution in [0.15, 0.2) is 0 Å². The molecule has 0 saturated heterocycles. The Morgan fingerprint density at radius 2 is 1.46 bits per heavy atom. The van der Waals surface area contributed by atoms with Crippen molar-refractivity contribution < 1.29 is 36.1 Å². The van der Waals surface area contributed by atoms with Crippen molar-refractivity contribution in [2.45, 2.75) is 53.2 Å². The molecule has 0 bridgehead atoms. The van der Waals surface area contributed by atoms with E-state index < -0.39 is 6.10 Å². The van der Waals surface area contributed by atoms with E-state index in [4.69, 9.17) is 0 Å². The number of aliphatic hydroxyl groups is 2. The van der Waals surface area contributed by atoms with Gasteiger partial charge in [-0.25, -0.2) is 0 Å². The molecule has 0 aromatic carbocycles. The van der Waals surface area contributed by atoms with Crippen LogP contribution in [0.1, 0.15) is 41.0 Å². The van der Waals surface area contributed by atoms with Gasteiger partial charge in [-0.05, 0) is 17.8 Å². The first-order chi connectivity index (χ1) is 5.25. The van der Waals surface area contributed by atoms with Gasteiger partial charge in [0.05, 0.1) is 12.2 Å². The average molecular weight is 219 g/mol. The van der Waals surface area contributed by atoms with Crippen LogP contribution in [0.3, 0.4) is 0 Å². The summed E-state index contributed by atoms with van der Waals surface area (Å²) in [6, 6.07) is 0. The maximum atomic E-state index is 9.64. The first-order valence-corrected chi connectivity index (χ1v) is 4.61. The van der Waals surface area contributed by atoms with Gasteiger partial charge in [0, 0.05) is 25.8 Å². The van der Waals surface area contributed by atoms with Crippen molar-refractivity contribution in [2.75, 3.05) is 0 Å². The molecule has 2 atom stereocenters. The fraction of sp³-hybridized carbons (Fsp3) is 1.00. The summed E-state index contributed by atoms with van der Waals surface area (Å²) in [7, 11) is 0. The quantitative estimate of drug-likeness (QED) is 0.759. The summed E-state index contributed by atoms with van der Waals surface area (Å²) in [5, 5.41) is 19.1. The standard InChI is InChI=1S/C10H22O2.Sc/c1-7(2)8(11)6-9(12)10(3,4)5;/h7-9,11-12H,6H2,1-5H3;. The van der Waals surface area contributed by atoms with Crippen LogP contribution in [-0.2, 0) is 25.8 Å². The summed E-state index contributed by atoms with van der Waals surface area (Å²) in [6.45, 7) is 9.85. The van der Waals surface area contributed by atoms with E-state index in [1.807, 2.05) is 34.6 Å². The second-order valence-electron chi connectivity index (χ2n) is 4.93. The van der Waals surface area contributed by atoms with Gasteiger partial charge in [0.2, 0.25) is 0 Å². The average Bonchev–Trinajstić information content (AvgIpc) is 1.85. The summed E-state index contributed by atoms with van der Waals surface area (Å²) in [5.74, 6) is 0.224. The largest absolute Gasteiger partial charge is 0.393 e. The Labute approximate surface area is 101 Å². The minimum atomic E-state index is -0.421. The van der Waals surface area contributed by atoms with Crippen LogP contribution in [0.2, 0.25) is 0 Å². The van der Waals surface area contributed by atoms with Crippen molar-refractivity contribution in [2.24, 2.45) is 11.3 Å². The molecule has 0 aromatic rings. The van der Waals surface area contributed by atoms with Crippen molar-refractivity contribution in [3.8, 4) is 0 Å². The van der Waals surface area contributed by atoms with Crippen LogP contribution >= 0.6 is 0 Å². The maximum Gasteiger partial charge on any atom is 0.0613 e. The number of hydrogen-bond donors (Lipinski definition) is 2. The minimum Gasteiger partial charge on any atom is -0.393 e. The van der Waals surface area contributed by atoms with Gasteiger partial charge in [-0.15, -0.1) is 0 Å². The molecular weight excluding hydrogens is 197 g/mol. The van der Waals surface area contributed by atoms with Crippen molar-refractivity contribution in [1.82, 2.24) is 0 Å². The van der Waals surface area contributed by atoms with E-state index in [9.17, 15) is 10.2 Å². The van der Waals surface area contributed by atoms with Gasteiger partial charge in [0.1, 0.15) is 0 Å². The van der Waals surface area contributed by atoms with E-state index in [1.165, 1.54) is 0 Å². The molecule has 0 aromatic heterocycles. The fourth-order valence-electron chi connectivity index (χ4n) is 0.854. The SMILES string of the molecule is CC(C)C(O)CC(O)C(C)(C)C.[Sc]. The van der Waals surface area contributed by atoms with Crippen LogP contribution in [0.4, 0.5) is 0 Å². The molecule has 77 valence electrons. The monoisotopic (exact) mass is 219 g/mol. The van der Waals surface area contributed by atoms with Crippen molar-refractivity contribution >= 4 is 0 Å². The van der Waals surface area contributed by atoms with Gasteiger partial charge < -0.3 is 10.2 Å². The molecule has 2 N–H and O–H groups in total. The molecule has 0 spiro atoms. The Hall–Kier alpha value is 0.790. The summed E-state index contributed by atoms with van der Waals surface area (Å²) in [5.41, 5.74) is -0.129. The van der Waals surface area contributed by atoms with Crippen LogP contribution in [0.25, 0.3) is 0 Å². The second kappa shape index (κ2) is 6.31. The Bertz CT molecular complexity index is 129. The third-order valence-electron chi connectivity index (χ3n) is 2.23. The van der Waals surface area contributed by atoms with E-state index in [0.29, 0.717) is 6.42 Å². The van der Waals surface area contributed by atoms with E-state index in [-0.39, 0.29) is 43.3 Å². The van der Waals surface area contributed by atoms with Gasteiger partial charge in [-0.1, -0.05) is 34.6 Å². The van der Waals surface area contributed by atoms with Gasteiger partial charge in [0.25, 0.3) is 0 Å². The molecule has 1 radical (unpaired) electrons. The molecule has 0 aliphatic carbocycles. The van der Waals surface area contributed by atoms with Gasteiger partial charge in [-0.3, -0.25) is 0 Å². The Morgan fingerprint density at radius 1 is 1.08 bits per heavy atom. The summed E-state index contributed by atoms with van der Waals surface area (Å²) in [6.07, 6.45) is -0.338. The summed E-state index contributed by atoms with van der Waals surface area (Å²) in [4.78, 5) is 0. The first kappa shape index (κ1) is 16.2. The Kier molecular flexibility index (Phi) is 7.87. The zero-order chi connectivity index (χ0) is 9.94. The third-order valence-corrected chi connectivity index (χ3v) is 2.23. The Balaban J connectivity index is 0. The number of rotatable bonds is 3. The van der Waals surface area contributed by atoms with Crippen molar-refractivity contribution in [1.29, 1.82) is 0 Å². The predicted octanol–water partition coefficient (Wildman–Crippen LogP) is 1.80. The van der Waals surface area contributed by atoms with E-state index in [2.05, 4.69) is 0 Å². The van der Waals surface area contributed by atoms with E-state index in [1.54, 1.807) is 0 Å². The van der Waals surface area contributed by atoms with Crippen LogP contribution in [0, 0.1) is 11.3 Å². The summed E-state index contributed by atoms with van der Waals surface area (Å²) >= 11 is 0. The van der Waals surface area contributed by atoms with Crippen LogP contribution < -0.4 is 0 Å². The van der Waals surface area contributed by atoms with Crippen molar-refractivity contribution in [3.63, 3.8) is 0 Å². The topological polar surface area (TPSA) is 40.5 Å². The molecule has 0 rings (SSSR count). The normalized spacial score (nSPS) is 16.6. The maximum absolute atomic E-state index is 9.64. The molecule has 0 heterocycles. The second-order valence-corrected chi connectivity index (χ2v) is 4.93. The molecule has 0 aliphatic rings. The molecule has 3 heteroatoms. The Morgan fingerprint density at radius 3 is 1.69 bits per heavy atom.